The maximum Gasteiger partial charge on any atom is 0.471 e. The normalized spacial score (nSPS) is 36.7. The van der Waals surface area contributed by atoms with Crippen LogP contribution >= 0.6 is 0 Å². The summed E-state index contributed by atoms with van der Waals surface area (Å²) in [5.41, 5.74) is 3.87. The number of aromatic amines is 1. The quantitative estimate of drug-likeness (QED) is 0.695. The number of hydrogen-bond donors (Lipinski definition) is 2. The summed E-state index contributed by atoms with van der Waals surface area (Å²) in [4.78, 5) is 10.2. The minimum Gasteiger partial charge on any atom is -0.412 e. The van der Waals surface area contributed by atoms with E-state index in [4.69, 9.17) is 14.7 Å². The van der Waals surface area contributed by atoms with E-state index in [1.165, 1.54) is 11.3 Å². The predicted octanol–water partition coefficient (Wildman–Crippen LogP) is 3.30. The molecule has 5 atom stereocenters. The molecule has 2 aromatic heterocycles. The van der Waals surface area contributed by atoms with Gasteiger partial charge in [0.2, 0.25) is 0 Å². The average molecular weight is 420 g/mol. The van der Waals surface area contributed by atoms with E-state index in [1.54, 1.807) is 0 Å². The summed E-state index contributed by atoms with van der Waals surface area (Å²) in [5.74, 6) is 1.72. The van der Waals surface area contributed by atoms with Crippen molar-refractivity contribution in [2.45, 2.75) is 70.9 Å². The lowest BCUT2D eigenvalue weighted by molar-refractivity contribution is -0.0919. The first-order valence-electron chi connectivity index (χ1n) is 11.9. The van der Waals surface area contributed by atoms with Crippen molar-refractivity contribution in [1.82, 2.24) is 14.9 Å². The molecule has 6 nitrogen and oxygen atoms in total. The second-order valence-corrected chi connectivity index (χ2v) is 11.4. The Hall–Kier alpha value is -1.86. The van der Waals surface area contributed by atoms with Crippen LogP contribution in [0.4, 0.5) is 0 Å². The Morgan fingerprint density at radius 2 is 2.10 bits per heavy atom. The lowest BCUT2D eigenvalue weighted by Gasteiger charge is -2.53. The molecule has 0 spiro atoms. The molecular weight excluding hydrogens is 387 g/mol. The second kappa shape index (κ2) is 6.58. The van der Waals surface area contributed by atoms with Crippen molar-refractivity contribution in [3.8, 4) is 0 Å². The molecule has 2 aliphatic carbocycles. The molecule has 2 aliphatic heterocycles. The third-order valence-corrected chi connectivity index (χ3v) is 8.40. The Kier molecular flexibility index (Phi) is 4.20. The summed E-state index contributed by atoms with van der Waals surface area (Å²) in [6.45, 7) is 9.88. The molecule has 164 valence electrons. The van der Waals surface area contributed by atoms with Gasteiger partial charge in [-0.05, 0) is 69.8 Å². The number of hydrogen-bond acceptors (Lipinski definition) is 5. The third kappa shape index (κ3) is 2.92. The molecule has 6 rings (SSSR count). The molecule has 1 unspecified atom stereocenters. The van der Waals surface area contributed by atoms with Gasteiger partial charge in [-0.1, -0.05) is 13.8 Å². The van der Waals surface area contributed by atoms with Crippen LogP contribution in [0.2, 0.25) is 0 Å². The van der Waals surface area contributed by atoms with Crippen molar-refractivity contribution in [2.24, 2.45) is 28.8 Å². The van der Waals surface area contributed by atoms with Crippen molar-refractivity contribution in [3.05, 3.63) is 24.0 Å². The van der Waals surface area contributed by atoms with E-state index in [-0.39, 0.29) is 12.6 Å². The van der Waals surface area contributed by atoms with Crippen LogP contribution < -0.4 is 5.46 Å². The van der Waals surface area contributed by atoms with Gasteiger partial charge in [0.25, 0.3) is 0 Å². The zero-order valence-electron chi connectivity index (χ0n) is 19.1. The van der Waals surface area contributed by atoms with E-state index in [0.29, 0.717) is 23.7 Å². The molecule has 0 amide bonds. The highest BCUT2D eigenvalue weighted by Crippen LogP contribution is 2.52. The fraction of sp³-hybridized carbons (Fsp3) is 0.667. The van der Waals surface area contributed by atoms with Crippen molar-refractivity contribution < 1.29 is 9.76 Å². The first kappa shape index (κ1) is 19.8. The Morgan fingerprint density at radius 3 is 2.94 bits per heavy atom. The minimum atomic E-state index is -0.506. The van der Waals surface area contributed by atoms with Crippen LogP contribution in [-0.4, -0.2) is 50.5 Å². The van der Waals surface area contributed by atoms with Gasteiger partial charge in [0.1, 0.15) is 5.65 Å². The lowest BCUT2D eigenvalue weighted by Crippen LogP contribution is -2.65. The van der Waals surface area contributed by atoms with Gasteiger partial charge in [-0.3, -0.25) is 0 Å². The smallest absolute Gasteiger partial charge is 0.412 e. The molecule has 2 aromatic rings. The number of aliphatic hydroxyl groups is 1. The van der Waals surface area contributed by atoms with E-state index in [2.05, 4.69) is 43.7 Å². The molecule has 1 saturated heterocycles. The molecule has 31 heavy (non-hydrogen) atoms. The highest BCUT2D eigenvalue weighted by Gasteiger charge is 2.53. The Bertz CT molecular complexity index is 1060. The topological polar surface area (TPSA) is 73.7 Å². The van der Waals surface area contributed by atoms with Crippen LogP contribution in [0, 0.1) is 23.7 Å². The summed E-state index contributed by atoms with van der Waals surface area (Å²) in [5, 5.41) is 17.8. The zero-order chi connectivity index (χ0) is 21.5. The third-order valence-electron chi connectivity index (χ3n) is 8.40. The zero-order valence-corrected chi connectivity index (χ0v) is 19.1. The number of rotatable bonds is 1. The Labute approximate surface area is 184 Å². The van der Waals surface area contributed by atoms with Crippen molar-refractivity contribution in [1.29, 1.82) is 0 Å². The first-order chi connectivity index (χ1) is 14.8. The minimum absolute atomic E-state index is 0.0720. The molecule has 0 radical (unpaired) electrons. The van der Waals surface area contributed by atoms with Gasteiger partial charge in [-0.25, -0.2) is 4.98 Å². The number of nitrogens with zero attached hydrogens (tertiary/aromatic N) is 3. The van der Waals surface area contributed by atoms with Gasteiger partial charge in [0, 0.05) is 46.9 Å². The standard InChI is InChI=1S/C24H33BN4O2/c1-14-9-16-12-24(30,10-14)11-15(2)19(16)21-20-17-5-7-26-22(17)27-13-18(20)25-29(28-21)23(3,4)6-8-31-25/h5,7,13-16,19,30H,6,8-12H2,1-4H3,(H,26,27)/t14-,15-,16+,19?,24-/m1/s1. The van der Waals surface area contributed by atoms with Crippen LogP contribution in [0.1, 0.15) is 65.4 Å². The van der Waals surface area contributed by atoms with Crippen LogP contribution in [0.15, 0.2) is 23.6 Å². The van der Waals surface area contributed by atoms with Crippen molar-refractivity contribution in [2.75, 3.05) is 6.61 Å². The van der Waals surface area contributed by atoms with Gasteiger partial charge >= 0.3 is 7.05 Å². The fourth-order valence-corrected chi connectivity index (χ4v) is 7.26. The highest BCUT2D eigenvalue weighted by atomic mass is 16.4. The summed E-state index contributed by atoms with van der Waals surface area (Å²) in [6.07, 6.45) is 8.77. The summed E-state index contributed by atoms with van der Waals surface area (Å²) in [7, 11) is -0.185. The number of pyridine rings is 1. The van der Waals surface area contributed by atoms with Gasteiger partial charge in [-0.15, -0.1) is 0 Å². The van der Waals surface area contributed by atoms with Crippen LogP contribution in [0.5, 0.6) is 0 Å². The van der Waals surface area contributed by atoms with E-state index < -0.39 is 5.60 Å². The predicted molar refractivity (Wildman–Crippen MR) is 123 cm³/mol. The largest absolute Gasteiger partial charge is 0.471 e. The molecular formula is C24H33BN4O2. The molecule has 4 heterocycles. The van der Waals surface area contributed by atoms with Crippen molar-refractivity contribution >= 4 is 29.3 Å². The van der Waals surface area contributed by atoms with Gasteiger partial charge in [-0.2, -0.15) is 5.10 Å². The number of fused-ring (bicyclic) bond motifs is 7. The van der Waals surface area contributed by atoms with Crippen LogP contribution in [0.25, 0.3) is 11.0 Å². The average Bonchev–Trinajstić information content (AvgIpc) is 3.15. The van der Waals surface area contributed by atoms with E-state index in [1.807, 2.05) is 12.4 Å². The van der Waals surface area contributed by atoms with Gasteiger partial charge < -0.3 is 19.7 Å². The molecule has 7 heteroatoms. The summed E-state index contributed by atoms with van der Waals surface area (Å²) in [6, 6.07) is 2.13. The van der Waals surface area contributed by atoms with Crippen LogP contribution in [0.3, 0.4) is 0 Å². The molecule has 3 fully saturated rings. The SMILES string of the molecule is C[C@@H]1C[C@H]2C[C@@](O)(C1)C[C@@H](C)C2C1=NN2B(OCCC2(C)C)c2cnc3[nH]ccc3c21. The summed E-state index contributed by atoms with van der Waals surface area (Å²) >= 11 is 0. The maximum absolute atomic E-state index is 11.3. The summed E-state index contributed by atoms with van der Waals surface area (Å²) < 4.78 is 6.28. The monoisotopic (exact) mass is 420 g/mol. The molecule has 0 aromatic carbocycles. The number of hydrazone groups is 1. The van der Waals surface area contributed by atoms with Crippen molar-refractivity contribution in [3.63, 3.8) is 0 Å². The maximum atomic E-state index is 11.3. The lowest BCUT2D eigenvalue weighted by atomic mass is 9.55. The Balaban J connectivity index is 1.55. The number of aromatic nitrogens is 2. The molecule has 2 bridgehead atoms. The van der Waals surface area contributed by atoms with Gasteiger partial charge in [0.15, 0.2) is 0 Å². The molecule has 2 N–H and O–H groups in total. The number of nitrogens with one attached hydrogen (secondary N) is 1. The van der Waals surface area contributed by atoms with Crippen LogP contribution in [-0.2, 0) is 4.65 Å². The Morgan fingerprint density at radius 1 is 1.26 bits per heavy atom. The number of H-pyrrole nitrogens is 1. The molecule has 4 aliphatic rings. The highest BCUT2D eigenvalue weighted by molar-refractivity contribution is 6.68. The first-order valence-corrected chi connectivity index (χ1v) is 11.9. The fourth-order valence-electron chi connectivity index (χ4n) is 7.26. The molecule has 2 saturated carbocycles. The second-order valence-electron chi connectivity index (χ2n) is 11.4. The van der Waals surface area contributed by atoms with Gasteiger partial charge in [0.05, 0.1) is 11.3 Å². The van der Waals surface area contributed by atoms with E-state index in [9.17, 15) is 5.11 Å². The van der Waals surface area contributed by atoms with E-state index in [0.717, 1.165) is 55.2 Å². The van der Waals surface area contributed by atoms with E-state index >= 15 is 0 Å².